The Kier molecular flexibility index (Phi) is 4.90. The monoisotopic (exact) mass is 428 g/mol. The lowest BCUT2D eigenvalue weighted by atomic mass is 9.77. The lowest BCUT2D eigenvalue weighted by Crippen LogP contribution is -2.32. The van der Waals surface area contributed by atoms with E-state index in [1.54, 1.807) is 60.7 Å². The molecule has 2 aliphatic rings. The van der Waals surface area contributed by atoms with Crippen LogP contribution in [0.4, 0.5) is 4.39 Å². The quantitative estimate of drug-likeness (QED) is 0.560. The molecule has 0 aromatic heterocycles. The van der Waals surface area contributed by atoms with Gasteiger partial charge in [-0.05, 0) is 35.4 Å². The van der Waals surface area contributed by atoms with Crippen molar-refractivity contribution < 1.29 is 28.2 Å². The molecule has 0 N–H and O–H groups in total. The average molecular weight is 428 g/mol. The van der Waals surface area contributed by atoms with E-state index >= 15 is 0 Å². The predicted octanol–water partition coefficient (Wildman–Crippen LogP) is 4.77. The Morgan fingerprint density at radius 3 is 2.34 bits per heavy atom. The molecule has 1 heterocycles. The zero-order chi connectivity index (χ0) is 22.2. The number of carbonyl (C=O) groups is 3. The van der Waals surface area contributed by atoms with Crippen molar-refractivity contribution in [3.8, 4) is 5.75 Å². The summed E-state index contributed by atoms with van der Waals surface area (Å²) in [7, 11) is 0. The van der Waals surface area contributed by atoms with Gasteiger partial charge in [0.2, 0.25) is 5.78 Å². The Balaban J connectivity index is 1.48. The van der Waals surface area contributed by atoms with Crippen molar-refractivity contribution in [1.29, 1.82) is 0 Å². The Hall–Kier alpha value is -4.06. The molecule has 0 unspecified atom stereocenters. The largest absolute Gasteiger partial charge is 0.489 e. The summed E-state index contributed by atoms with van der Waals surface area (Å²) in [6.45, 7) is 0.231. The zero-order valence-electron chi connectivity index (χ0n) is 16.8. The van der Waals surface area contributed by atoms with Crippen molar-refractivity contribution >= 4 is 17.5 Å². The zero-order valence-corrected chi connectivity index (χ0v) is 16.8. The first kappa shape index (κ1) is 19.9. The van der Waals surface area contributed by atoms with Crippen molar-refractivity contribution in [2.75, 3.05) is 0 Å². The lowest BCUT2D eigenvalue weighted by molar-refractivity contribution is -0.140. The van der Waals surface area contributed by atoms with Crippen LogP contribution in [-0.2, 0) is 16.1 Å². The van der Waals surface area contributed by atoms with Gasteiger partial charge in [0.25, 0.3) is 0 Å². The number of hydrogen-bond acceptors (Lipinski definition) is 5. The number of carbonyl (C=O) groups excluding carboxylic acids is 3. The Morgan fingerprint density at radius 1 is 0.875 bits per heavy atom. The van der Waals surface area contributed by atoms with E-state index in [1.807, 2.05) is 0 Å². The van der Waals surface area contributed by atoms with E-state index in [0.717, 1.165) is 5.56 Å². The van der Waals surface area contributed by atoms with Crippen molar-refractivity contribution in [2.24, 2.45) is 0 Å². The van der Waals surface area contributed by atoms with Crippen LogP contribution in [0.3, 0.4) is 0 Å². The second-order valence-electron chi connectivity index (χ2n) is 7.67. The molecule has 0 saturated carbocycles. The number of ether oxygens (including phenoxy) is 2. The first-order chi connectivity index (χ1) is 15.5. The SMILES string of the molecule is O=C1C[C@@H](c2cccc(OCc3ccc(F)cc3)c2)C2=C(O1)C(=O)c1ccccc1C2=O. The van der Waals surface area contributed by atoms with E-state index in [-0.39, 0.29) is 41.5 Å². The number of allylic oxidation sites excluding steroid dienone is 2. The summed E-state index contributed by atoms with van der Waals surface area (Å²) in [5, 5.41) is 0. The minimum atomic E-state index is -0.620. The van der Waals surface area contributed by atoms with Crippen LogP contribution in [0.2, 0.25) is 0 Å². The molecule has 3 aromatic carbocycles. The standard InChI is InChI=1S/C26H17FO5/c27-17-10-8-15(9-11-17)14-31-18-5-3-4-16(12-18)21-13-22(28)32-26-23(21)24(29)19-6-1-2-7-20(19)25(26)30/h1-12,21H,13-14H2/t21-/m0/s1. The van der Waals surface area contributed by atoms with Gasteiger partial charge in [0.15, 0.2) is 11.5 Å². The number of Topliss-reactive ketones (excluding diaryl/α,β-unsaturated/α-hetero) is 2. The van der Waals surface area contributed by atoms with E-state index in [1.165, 1.54) is 12.1 Å². The maximum absolute atomic E-state index is 13.2. The van der Waals surface area contributed by atoms with Crippen molar-refractivity contribution in [1.82, 2.24) is 0 Å². The summed E-state index contributed by atoms with van der Waals surface area (Å²) < 4.78 is 24.2. The number of esters is 1. The molecule has 5 nitrogen and oxygen atoms in total. The second kappa shape index (κ2) is 7.89. The smallest absolute Gasteiger partial charge is 0.312 e. The summed E-state index contributed by atoms with van der Waals surface area (Å²) in [6.07, 6.45) is -0.0541. The molecule has 0 saturated heterocycles. The molecule has 158 valence electrons. The van der Waals surface area contributed by atoms with Crippen molar-refractivity contribution in [2.45, 2.75) is 18.9 Å². The van der Waals surface area contributed by atoms with Gasteiger partial charge in [-0.3, -0.25) is 14.4 Å². The average Bonchev–Trinajstić information content (AvgIpc) is 2.82. The van der Waals surface area contributed by atoms with Crippen LogP contribution in [0.15, 0.2) is 84.1 Å². The number of hydrogen-bond donors (Lipinski definition) is 0. The summed E-state index contributed by atoms with van der Waals surface area (Å²) in [5.41, 5.74) is 2.21. The van der Waals surface area contributed by atoms with E-state index < -0.39 is 17.7 Å². The van der Waals surface area contributed by atoms with E-state index in [4.69, 9.17) is 9.47 Å². The third-order valence-electron chi connectivity index (χ3n) is 5.63. The third-order valence-corrected chi connectivity index (χ3v) is 5.63. The first-order valence-electron chi connectivity index (χ1n) is 10.1. The highest BCUT2D eigenvalue weighted by molar-refractivity contribution is 6.27. The molecule has 0 fully saturated rings. The van der Waals surface area contributed by atoms with Gasteiger partial charge in [0.1, 0.15) is 18.2 Å². The van der Waals surface area contributed by atoms with Gasteiger partial charge in [0, 0.05) is 17.0 Å². The Morgan fingerprint density at radius 2 is 1.59 bits per heavy atom. The van der Waals surface area contributed by atoms with Crippen LogP contribution in [0.5, 0.6) is 5.75 Å². The van der Waals surface area contributed by atoms with Gasteiger partial charge in [-0.15, -0.1) is 0 Å². The molecule has 3 aromatic rings. The molecule has 0 amide bonds. The molecule has 0 radical (unpaired) electrons. The minimum absolute atomic E-state index is 0.0541. The van der Waals surface area contributed by atoms with Crippen LogP contribution in [-0.4, -0.2) is 17.5 Å². The molecule has 0 spiro atoms. The fourth-order valence-electron chi connectivity index (χ4n) is 4.07. The van der Waals surface area contributed by atoms with Crippen LogP contribution in [0.1, 0.15) is 44.2 Å². The molecule has 0 bridgehead atoms. The predicted molar refractivity (Wildman–Crippen MR) is 113 cm³/mol. The van der Waals surface area contributed by atoms with Crippen LogP contribution in [0, 0.1) is 5.82 Å². The topological polar surface area (TPSA) is 69.7 Å². The lowest BCUT2D eigenvalue weighted by Gasteiger charge is -2.30. The molecule has 1 atom stereocenters. The molecule has 1 aliphatic heterocycles. The summed E-state index contributed by atoms with van der Waals surface area (Å²) in [4.78, 5) is 38.5. The number of rotatable bonds is 4. The fourth-order valence-corrected chi connectivity index (χ4v) is 4.07. The molecular formula is C26H17FO5. The second-order valence-corrected chi connectivity index (χ2v) is 7.67. The van der Waals surface area contributed by atoms with E-state index in [0.29, 0.717) is 16.9 Å². The van der Waals surface area contributed by atoms with Crippen LogP contribution < -0.4 is 4.74 Å². The summed E-state index contributed by atoms with van der Waals surface area (Å²) in [6, 6.07) is 19.6. The van der Waals surface area contributed by atoms with Gasteiger partial charge in [-0.2, -0.15) is 0 Å². The van der Waals surface area contributed by atoms with Gasteiger partial charge in [-0.25, -0.2) is 4.39 Å². The Labute approximate surface area is 183 Å². The molecular weight excluding hydrogens is 411 g/mol. The first-order valence-corrected chi connectivity index (χ1v) is 10.1. The summed E-state index contributed by atoms with van der Waals surface area (Å²) >= 11 is 0. The van der Waals surface area contributed by atoms with E-state index in [2.05, 4.69) is 0 Å². The number of halogens is 1. The fraction of sp³-hybridized carbons (Fsp3) is 0.115. The molecule has 5 rings (SSSR count). The van der Waals surface area contributed by atoms with Gasteiger partial charge < -0.3 is 9.47 Å². The molecule has 1 aliphatic carbocycles. The van der Waals surface area contributed by atoms with Crippen LogP contribution >= 0.6 is 0 Å². The van der Waals surface area contributed by atoms with Crippen molar-refractivity contribution in [3.63, 3.8) is 0 Å². The van der Waals surface area contributed by atoms with E-state index in [9.17, 15) is 18.8 Å². The number of fused-ring (bicyclic) bond motifs is 1. The number of ketones is 2. The minimum Gasteiger partial charge on any atom is -0.489 e. The Bertz CT molecular complexity index is 1290. The summed E-state index contributed by atoms with van der Waals surface area (Å²) in [5.74, 6) is -1.94. The maximum atomic E-state index is 13.2. The highest BCUT2D eigenvalue weighted by Gasteiger charge is 2.42. The molecule has 6 heteroatoms. The van der Waals surface area contributed by atoms with Gasteiger partial charge in [0.05, 0.1) is 12.0 Å². The third kappa shape index (κ3) is 3.50. The highest BCUT2D eigenvalue weighted by atomic mass is 19.1. The normalized spacial score (nSPS) is 17.5. The van der Waals surface area contributed by atoms with Gasteiger partial charge >= 0.3 is 5.97 Å². The van der Waals surface area contributed by atoms with Gasteiger partial charge in [-0.1, -0.05) is 48.5 Å². The molecule has 32 heavy (non-hydrogen) atoms. The van der Waals surface area contributed by atoms with Crippen LogP contribution in [0.25, 0.3) is 0 Å². The van der Waals surface area contributed by atoms with Crippen molar-refractivity contribution in [3.05, 3.63) is 112 Å². The maximum Gasteiger partial charge on any atom is 0.312 e. The highest BCUT2D eigenvalue weighted by Crippen LogP contribution is 2.41. The number of benzene rings is 3.